The molecule has 0 radical (unpaired) electrons. The van der Waals surface area contributed by atoms with Crippen molar-refractivity contribution in [3.8, 4) is 0 Å². The van der Waals surface area contributed by atoms with E-state index in [4.69, 9.17) is 0 Å². The molecule has 2 aliphatic carbocycles. The summed E-state index contributed by atoms with van der Waals surface area (Å²) in [4.78, 5) is 32.6. The highest BCUT2D eigenvalue weighted by Crippen LogP contribution is 2.40. The number of amides is 3. The summed E-state index contributed by atoms with van der Waals surface area (Å²) in [5.41, 5.74) is 0.416. The fraction of sp³-hybridized carbons (Fsp3) is 0.632. The van der Waals surface area contributed by atoms with Gasteiger partial charge in [0.15, 0.2) is 0 Å². The smallest absolute Gasteiger partial charge is 0.315 e. The summed E-state index contributed by atoms with van der Waals surface area (Å²) >= 11 is 0. The van der Waals surface area contributed by atoms with Gasteiger partial charge in [0.05, 0.1) is 23.4 Å². The maximum Gasteiger partial charge on any atom is 0.327 e. The zero-order valence-corrected chi connectivity index (χ0v) is 17.0. The minimum Gasteiger partial charge on any atom is -0.315 e. The number of imide groups is 1. The fourth-order valence-electron chi connectivity index (χ4n) is 4.28. The van der Waals surface area contributed by atoms with Crippen molar-refractivity contribution in [3.63, 3.8) is 0 Å². The van der Waals surface area contributed by atoms with E-state index in [0.717, 1.165) is 23.4 Å². The van der Waals surface area contributed by atoms with Gasteiger partial charge < -0.3 is 4.90 Å². The molecule has 1 N–H and O–H groups in total. The van der Waals surface area contributed by atoms with Gasteiger partial charge in [-0.25, -0.2) is 17.9 Å². The largest absolute Gasteiger partial charge is 0.327 e. The second kappa shape index (κ2) is 6.81. The molecule has 0 aromatic carbocycles. The van der Waals surface area contributed by atoms with Crippen molar-refractivity contribution in [2.45, 2.75) is 62.4 Å². The number of pyridine rings is 1. The van der Waals surface area contributed by atoms with Crippen molar-refractivity contribution in [1.29, 1.82) is 0 Å². The quantitative estimate of drug-likeness (QED) is 0.799. The molecule has 1 saturated heterocycles. The Balaban J connectivity index is 1.55. The molecular formula is C19H26N4O4S. The maximum atomic E-state index is 12.8. The van der Waals surface area contributed by atoms with Gasteiger partial charge in [0.1, 0.15) is 0 Å². The molecule has 1 aromatic heterocycles. The van der Waals surface area contributed by atoms with Gasteiger partial charge in [-0.3, -0.25) is 14.7 Å². The molecule has 3 atom stereocenters. The van der Waals surface area contributed by atoms with Crippen molar-refractivity contribution < 1.29 is 18.0 Å². The van der Waals surface area contributed by atoms with Crippen LogP contribution in [0.2, 0.25) is 0 Å². The molecule has 3 fully saturated rings. The van der Waals surface area contributed by atoms with Crippen LogP contribution in [0.4, 0.5) is 4.79 Å². The number of carbonyl (C=O) groups is 2. The van der Waals surface area contributed by atoms with Crippen LogP contribution in [0.5, 0.6) is 0 Å². The molecule has 3 amide bonds. The predicted octanol–water partition coefficient (Wildman–Crippen LogP) is 1.48. The average molecular weight is 407 g/mol. The van der Waals surface area contributed by atoms with Crippen LogP contribution in [-0.4, -0.2) is 59.0 Å². The highest BCUT2D eigenvalue weighted by molar-refractivity contribution is 7.90. The molecule has 28 heavy (non-hydrogen) atoms. The van der Waals surface area contributed by atoms with E-state index < -0.39 is 21.2 Å². The molecule has 152 valence electrons. The normalized spacial score (nSPS) is 29.6. The predicted molar refractivity (Wildman–Crippen MR) is 103 cm³/mol. The fourth-order valence-corrected chi connectivity index (χ4v) is 6.25. The summed E-state index contributed by atoms with van der Waals surface area (Å²) in [7, 11) is -2.03. The Kier molecular flexibility index (Phi) is 4.70. The summed E-state index contributed by atoms with van der Waals surface area (Å²) in [6, 6.07) is 4.87. The number of carbonyl (C=O) groups excluding carboxylic acids is 2. The summed E-state index contributed by atoms with van der Waals surface area (Å²) < 4.78 is 28.4. The van der Waals surface area contributed by atoms with E-state index >= 15 is 0 Å². The van der Waals surface area contributed by atoms with Crippen LogP contribution in [0, 0.1) is 5.92 Å². The van der Waals surface area contributed by atoms with Crippen molar-refractivity contribution in [1.82, 2.24) is 19.5 Å². The number of nitrogens with zero attached hydrogens (tertiary/aromatic N) is 3. The summed E-state index contributed by atoms with van der Waals surface area (Å²) in [5, 5.41) is -0.603. The molecule has 8 nitrogen and oxygen atoms in total. The molecule has 4 rings (SSSR count). The number of nitrogens with one attached hydrogen (secondary N) is 1. The lowest BCUT2D eigenvalue weighted by molar-refractivity contribution is -0.139. The zero-order chi connectivity index (χ0) is 20.1. The van der Waals surface area contributed by atoms with Gasteiger partial charge in [0, 0.05) is 24.8 Å². The monoisotopic (exact) mass is 406 g/mol. The minimum atomic E-state index is -3.50. The lowest BCUT2D eigenvalue weighted by Crippen LogP contribution is -2.62. The van der Waals surface area contributed by atoms with Crippen LogP contribution < -0.4 is 4.72 Å². The van der Waals surface area contributed by atoms with E-state index in [2.05, 4.69) is 9.71 Å². The second-order valence-electron chi connectivity index (χ2n) is 8.45. The number of fused-ring (bicyclic) bond motifs is 1. The first-order valence-electron chi connectivity index (χ1n) is 9.71. The van der Waals surface area contributed by atoms with E-state index in [-0.39, 0.29) is 29.9 Å². The molecule has 0 spiro atoms. The Hall–Kier alpha value is -2.00. The van der Waals surface area contributed by atoms with Crippen molar-refractivity contribution >= 4 is 22.0 Å². The Morgan fingerprint density at radius 3 is 2.64 bits per heavy atom. The van der Waals surface area contributed by atoms with Gasteiger partial charge >= 0.3 is 6.03 Å². The Bertz CT molecular complexity index is 884. The van der Waals surface area contributed by atoms with Gasteiger partial charge in [-0.05, 0) is 51.2 Å². The first kappa shape index (κ1) is 19.3. The topological polar surface area (TPSA) is 99.7 Å². The molecule has 1 aliphatic heterocycles. The van der Waals surface area contributed by atoms with Crippen LogP contribution in [-0.2, 0) is 21.4 Å². The molecule has 3 unspecified atom stereocenters. The third-order valence-electron chi connectivity index (χ3n) is 6.23. The van der Waals surface area contributed by atoms with Gasteiger partial charge in [-0.2, -0.15) is 0 Å². The number of hydrogen-bond acceptors (Lipinski definition) is 5. The lowest BCUT2D eigenvalue weighted by Gasteiger charge is -2.47. The van der Waals surface area contributed by atoms with E-state index in [9.17, 15) is 18.0 Å². The highest BCUT2D eigenvalue weighted by atomic mass is 32.2. The van der Waals surface area contributed by atoms with Crippen molar-refractivity contribution in [2.24, 2.45) is 5.92 Å². The van der Waals surface area contributed by atoms with Gasteiger partial charge in [-0.15, -0.1) is 0 Å². The average Bonchev–Trinajstić information content (AvgIpc) is 3.39. The molecule has 2 saturated carbocycles. The van der Waals surface area contributed by atoms with Crippen LogP contribution >= 0.6 is 0 Å². The van der Waals surface area contributed by atoms with Crippen LogP contribution in [0.25, 0.3) is 0 Å². The third kappa shape index (κ3) is 3.53. The standard InChI is InChI=1S/C19H26N4O4S/c1-19(8-9-19)21-28(26,27)14-6-7-16-15(11-14)17(24)22(2)18(25)23(16)12-13-5-3-4-10-20-13/h3-5,10,14-16,21H,6-9,11-12H2,1-2H3. The highest BCUT2D eigenvalue weighted by Gasteiger charge is 2.51. The van der Waals surface area contributed by atoms with E-state index in [1.807, 2.05) is 25.1 Å². The summed E-state index contributed by atoms with van der Waals surface area (Å²) in [6.07, 6.45) is 4.54. The molecule has 0 bridgehead atoms. The Morgan fingerprint density at radius 2 is 2.00 bits per heavy atom. The lowest BCUT2D eigenvalue weighted by atomic mass is 9.81. The van der Waals surface area contributed by atoms with Gasteiger partial charge in [0.2, 0.25) is 15.9 Å². The summed E-state index contributed by atoms with van der Waals surface area (Å²) in [5.74, 6) is -0.793. The van der Waals surface area contributed by atoms with E-state index in [0.29, 0.717) is 19.4 Å². The van der Waals surface area contributed by atoms with Crippen LogP contribution in [0.15, 0.2) is 24.4 Å². The number of rotatable bonds is 5. The Morgan fingerprint density at radius 1 is 1.25 bits per heavy atom. The van der Waals surface area contributed by atoms with Gasteiger partial charge in [-0.1, -0.05) is 6.07 Å². The van der Waals surface area contributed by atoms with E-state index in [1.165, 1.54) is 7.05 Å². The summed E-state index contributed by atoms with van der Waals surface area (Å²) in [6.45, 7) is 2.22. The zero-order valence-electron chi connectivity index (χ0n) is 16.2. The molecule has 3 aliphatic rings. The maximum absolute atomic E-state index is 12.8. The van der Waals surface area contributed by atoms with Crippen molar-refractivity contribution in [3.05, 3.63) is 30.1 Å². The number of aromatic nitrogens is 1. The van der Waals surface area contributed by atoms with Crippen LogP contribution in [0.1, 0.15) is 44.7 Å². The minimum absolute atomic E-state index is 0.241. The molecular weight excluding hydrogens is 380 g/mol. The van der Waals surface area contributed by atoms with E-state index in [1.54, 1.807) is 11.1 Å². The number of hydrogen-bond donors (Lipinski definition) is 1. The van der Waals surface area contributed by atoms with Crippen molar-refractivity contribution in [2.75, 3.05) is 7.05 Å². The Labute approximate surface area is 165 Å². The SMILES string of the molecule is CN1C(=O)C2CC(S(=O)(=O)NC3(C)CC3)CCC2N(Cc2ccccn2)C1=O. The first-order valence-corrected chi connectivity index (χ1v) is 11.3. The number of urea groups is 1. The second-order valence-corrected chi connectivity index (χ2v) is 10.4. The van der Waals surface area contributed by atoms with Gasteiger partial charge in [0.25, 0.3) is 0 Å². The van der Waals surface area contributed by atoms with Crippen LogP contribution in [0.3, 0.4) is 0 Å². The number of sulfonamides is 1. The molecule has 9 heteroatoms. The molecule has 1 aromatic rings. The molecule has 2 heterocycles. The first-order chi connectivity index (χ1) is 13.2. The third-order valence-corrected chi connectivity index (χ3v) is 8.32.